The van der Waals surface area contributed by atoms with E-state index < -0.39 is 5.91 Å². The average molecular weight is 349 g/mol. The van der Waals surface area contributed by atoms with Crippen LogP contribution in [0.4, 0.5) is 5.69 Å². The first-order valence-electron chi connectivity index (χ1n) is 6.06. The molecule has 0 radical (unpaired) electrons. The highest BCUT2D eigenvalue weighted by atomic mass is 79.9. The second-order valence-corrected chi connectivity index (χ2v) is 5.16. The fraction of sp³-hybridized carbons (Fsp3) is 0.0667. The quantitative estimate of drug-likeness (QED) is 0.891. The number of methoxy groups -OCH3 is 1. The van der Waals surface area contributed by atoms with Crippen LogP contribution in [0.25, 0.3) is 0 Å². The molecule has 21 heavy (non-hydrogen) atoms. The van der Waals surface area contributed by atoms with Crippen LogP contribution in [0.5, 0.6) is 5.75 Å². The minimum absolute atomic E-state index is 0.293. The van der Waals surface area contributed by atoms with Crippen molar-refractivity contribution < 1.29 is 14.3 Å². The van der Waals surface area contributed by atoms with Gasteiger partial charge in [0.1, 0.15) is 5.75 Å². The Labute approximate surface area is 130 Å². The number of amides is 2. The van der Waals surface area contributed by atoms with E-state index in [1.54, 1.807) is 30.3 Å². The number of rotatable bonds is 4. The van der Waals surface area contributed by atoms with E-state index in [1.807, 2.05) is 0 Å². The molecule has 0 bridgehead atoms. The average Bonchev–Trinajstić information content (AvgIpc) is 2.47. The Hall–Kier alpha value is -2.34. The van der Waals surface area contributed by atoms with E-state index in [0.717, 1.165) is 4.47 Å². The van der Waals surface area contributed by atoms with Crippen LogP contribution in [-0.4, -0.2) is 18.9 Å². The maximum Gasteiger partial charge on any atom is 0.255 e. The summed E-state index contributed by atoms with van der Waals surface area (Å²) in [7, 11) is 1.48. The Morgan fingerprint density at radius 3 is 2.29 bits per heavy atom. The second-order valence-electron chi connectivity index (χ2n) is 4.24. The molecule has 0 unspecified atom stereocenters. The molecule has 0 aromatic heterocycles. The SMILES string of the molecule is COc1ccc(C(N)=O)cc1NC(=O)c1ccc(Br)cc1. The Bertz CT molecular complexity index is 684. The van der Waals surface area contributed by atoms with Gasteiger partial charge in [0.05, 0.1) is 12.8 Å². The van der Waals surface area contributed by atoms with Gasteiger partial charge < -0.3 is 15.8 Å². The smallest absolute Gasteiger partial charge is 0.255 e. The van der Waals surface area contributed by atoms with Crippen LogP contribution in [0.3, 0.4) is 0 Å². The monoisotopic (exact) mass is 348 g/mol. The van der Waals surface area contributed by atoms with Crippen LogP contribution in [0.2, 0.25) is 0 Å². The van der Waals surface area contributed by atoms with Gasteiger partial charge in [-0.3, -0.25) is 9.59 Å². The van der Waals surface area contributed by atoms with Gasteiger partial charge in [-0.25, -0.2) is 0 Å². The molecule has 0 spiro atoms. The zero-order chi connectivity index (χ0) is 15.4. The van der Waals surface area contributed by atoms with Crippen LogP contribution in [0.15, 0.2) is 46.9 Å². The third-order valence-electron chi connectivity index (χ3n) is 2.84. The summed E-state index contributed by atoms with van der Waals surface area (Å²) in [6.45, 7) is 0. The fourth-order valence-corrected chi connectivity index (χ4v) is 2.02. The summed E-state index contributed by atoms with van der Waals surface area (Å²) in [6.07, 6.45) is 0. The van der Waals surface area contributed by atoms with Crippen molar-refractivity contribution >= 4 is 33.4 Å². The van der Waals surface area contributed by atoms with Crippen molar-refractivity contribution in [1.29, 1.82) is 0 Å². The molecule has 0 aliphatic carbocycles. The summed E-state index contributed by atoms with van der Waals surface area (Å²) in [5, 5.41) is 2.71. The zero-order valence-electron chi connectivity index (χ0n) is 11.2. The Kier molecular flexibility index (Phi) is 4.59. The van der Waals surface area contributed by atoms with Gasteiger partial charge in [-0.2, -0.15) is 0 Å². The minimum atomic E-state index is -0.572. The molecule has 2 amide bonds. The maximum atomic E-state index is 12.2. The molecule has 0 saturated heterocycles. The van der Waals surface area contributed by atoms with Gasteiger partial charge in [-0.1, -0.05) is 15.9 Å². The lowest BCUT2D eigenvalue weighted by molar-refractivity contribution is 0.0996. The predicted octanol–water partition coefficient (Wildman–Crippen LogP) is 2.81. The number of anilines is 1. The number of hydrogen-bond donors (Lipinski definition) is 2. The minimum Gasteiger partial charge on any atom is -0.495 e. The number of carbonyl (C=O) groups is 2. The molecule has 108 valence electrons. The number of nitrogens with one attached hydrogen (secondary N) is 1. The number of halogens is 1. The molecule has 3 N–H and O–H groups in total. The molecule has 0 heterocycles. The third kappa shape index (κ3) is 3.61. The molecular formula is C15H13BrN2O3. The lowest BCUT2D eigenvalue weighted by Gasteiger charge is -2.11. The van der Waals surface area contributed by atoms with Gasteiger partial charge in [0.15, 0.2) is 0 Å². The largest absolute Gasteiger partial charge is 0.495 e. The van der Waals surface area contributed by atoms with E-state index in [2.05, 4.69) is 21.2 Å². The Morgan fingerprint density at radius 1 is 1.10 bits per heavy atom. The van der Waals surface area contributed by atoms with Crippen LogP contribution in [-0.2, 0) is 0 Å². The van der Waals surface area contributed by atoms with Crippen LogP contribution >= 0.6 is 15.9 Å². The first-order valence-corrected chi connectivity index (χ1v) is 6.85. The van der Waals surface area contributed by atoms with Gasteiger partial charge in [0.25, 0.3) is 5.91 Å². The number of carbonyl (C=O) groups excluding carboxylic acids is 2. The number of hydrogen-bond acceptors (Lipinski definition) is 3. The number of ether oxygens (including phenoxy) is 1. The summed E-state index contributed by atoms with van der Waals surface area (Å²) in [5.41, 5.74) is 6.41. The fourth-order valence-electron chi connectivity index (χ4n) is 1.75. The van der Waals surface area contributed by atoms with Crippen LogP contribution in [0.1, 0.15) is 20.7 Å². The van der Waals surface area contributed by atoms with Crippen molar-refractivity contribution in [3.05, 3.63) is 58.1 Å². The Morgan fingerprint density at radius 2 is 1.71 bits per heavy atom. The molecule has 0 atom stereocenters. The maximum absolute atomic E-state index is 12.2. The highest BCUT2D eigenvalue weighted by Gasteiger charge is 2.12. The number of primary amides is 1. The normalized spacial score (nSPS) is 10.0. The van der Waals surface area contributed by atoms with Crippen molar-refractivity contribution in [3.8, 4) is 5.75 Å². The molecule has 2 aromatic rings. The van der Waals surface area contributed by atoms with Crippen molar-refractivity contribution in [3.63, 3.8) is 0 Å². The van der Waals surface area contributed by atoms with E-state index in [1.165, 1.54) is 19.2 Å². The van der Waals surface area contributed by atoms with E-state index >= 15 is 0 Å². The first kappa shape index (κ1) is 15.1. The van der Waals surface area contributed by atoms with Crippen molar-refractivity contribution in [2.75, 3.05) is 12.4 Å². The van der Waals surface area contributed by atoms with Gasteiger partial charge in [0.2, 0.25) is 5.91 Å². The number of nitrogens with two attached hydrogens (primary N) is 1. The predicted molar refractivity (Wildman–Crippen MR) is 83.6 cm³/mol. The van der Waals surface area contributed by atoms with Crippen molar-refractivity contribution in [1.82, 2.24) is 0 Å². The van der Waals surface area contributed by atoms with Crippen molar-refractivity contribution in [2.24, 2.45) is 5.73 Å². The van der Waals surface area contributed by atoms with Crippen LogP contribution < -0.4 is 15.8 Å². The molecule has 6 heteroatoms. The summed E-state index contributed by atoms with van der Waals surface area (Å²) in [6, 6.07) is 11.5. The van der Waals surface area contributed by atoms with E-state index in [9.17, 15) is 9.59 Å². The molecule has 2 aromatic carbocycles. The van der Waals surface area contributed by atoms with Gasteiger partial charge in [-0.05, 0) is 42.5 Å². The van der Waals surface area contributed by atoms with Gasteiger partial charge >= 0.3 is 0 Å². The summed E-state index contributed by atoms with van der Waals surface area (Å²) < 4.78 is 6.04. The highest BCUT2D eigenvalue weighted by molar-refractivity contribution is 9.10. The summed E-state index contributed by atoms with van der Waals surface area (Å²) >= 11 is 3.31. The second kappa shape index (κ2) is 6.41. The molecule has 0 aliphatic rings. The third-order valence-corrected chi connectivity index (χ3v) is 3.37. The van der Waals surface area contributed by atoms with Gasteiger partial charge in [0, 0.05) is 15.6 Å². The van der Waals surface area contributed by atoms with E-state index in [0.29, 0.717) is 22.6 Å². The molecular weight excluding hydrogens is 336 g/mol. The first-order chi connectivity index (χ1) is 10.0. The Balaban J connectivity index is 2.29. The van der Waals surface area contributed by atoms with Crippen LogP contribution in [0, 0.1) is 0 Å². The van der Waals surface area contributed by atoms with Crippen molar-refractivity contribution in [2.45, 2.75) is 0 Å². The zero-order valence-corrected chi connectivity index (χ0v) is 12.8. The van der Waals surface area contributed by atoms with E-state index in [4.69, 9.17) is 10.5 Å². The van der Waals surface area contributed by atoms with E-state index in [-0.39, 0.29) is 5.91 Å². The lowest BCUT2D eigenvalue weighted by Crippen LogP contribution is -2.15. The summed E-state index contributed by atoms with van der Waals surface area (Å²) in [4.78, 5) is 23.4. The topological polar surface area (TPSA) is 81.4 Å². The molecule has 0 aliphatic heterocycles. The lowest BCUT2D eigenvalue weighted by atomic mass is 10.1. The molecule has 0 saturated carbocycles. The molecule has 5 nitrogen and oxygen atoms in total. The highest BCUT2D eigenvalue weighted by Crippen LogP contribution is 2.26. The standard InChI is InChI=1S/C15H13BrN2O3/c1-21-13-7-4-10(14(17)19)8-12(13)18-15(20)9-2-5-11(16)6-3-9/h2-8H,1H3,(H2,17,19)(H,18,20). The van der Waals surface area contributed by atoms with Gasteiger partial charge in [-0.15, -0.1) is 0 Å². The molecule has 0 fully saturated rings. The number of benzene rings is 2. The summed E-state index contributed by atoms with van der Waals surface area (Å²) in [5.74, 6) is -0.426. The molecule has 2 rings (SSSR count).